The van der Waals surface area contributed by atoms with Crippen molar-refractivity contribution in [2.24, 2.45) is 5.73 Å². The summed E-state index contributed by atoms with van der Waals surface area (Å²) in [6.07, 6.45) is 0.778. The number of methoxy groups -OCH3 is 1. The number of benzene rings is 1. The fourth-order valence-electron chi connectivity index (χ4n) is 2.10. The maximum atomic E-state index is 13.4. The SMILES string of the molecule is COc1cc(C(O)C(CN)c2ccccn2)ccc1F. The van der Waals surface area contributed by atoms with E-state index in [2.05, 4.69) is 4.98 Å². The molecule has 0 bridgehead atoms. The molecule has 0 saturated carbocycles. The molecule has 0 radical (unpaired) electrons. The van der Waals surface area contributed by atoms with Gasteiger partial charge in [-0.3, -0.25) is 4.98 Å². The monoisotopic (exact) mass is 276 g/mol. The molecule has 2 atom stereocenters. The zero-order valence-corrected chi connectivity index (χ0v) is 11.2. The number of nitrogens with zero attached hydrogens (tertiary/aromatic N) is 1. The summed E-state index contributed by atoms with van der Waals surface area (Å²) in [7, 11) is 1.38. The molecule has 0 fully saturated rings. The van der Waals surface area contributed by atoms with E-state index in [9.17, 15) is 9.50 Å². The van der Waals surface area contributed by atoms with E-state index in [0.29, 0.717) is 11.3 Å². The second-order valence-electron chi connectivity index (χ2n) is 4.44. The van der Waals surface area contributed by atoms with Crippen LogP contribution in [0, 0.1) is 5.82 Å². The van der Waals surface area contributed by atoms with Crippen molar-refractivity contribution < 1.29 is 14.2 Å². The third-order valence-corrected chi connectivity index (χ3v) is 3.22. The molecule has 5 heteroatoms. The predicted octanol–water partition coefficient (Wildman–Crippen LogP) is 2.01. The molecule has 0 saturated heterocycles. The highest BCUT2D eigenvalue weighted by Gasteiger charge is 2.23. The molecular weight excluding hydrogens is 259 g/mol. The molecule has 3 N–H and O–H groups in total. The summed E-state index contributed by atoms with van der Waals surface area (Å²) < 4.78 is 18.3. The second kappa shape index (κ2) is 6.45. The van der Waals surface area contributed by atoms with Crippen LogP contribution in [-0.4, -0.2) is 23.7 Å². The Balaban J connectivity index is 2.31. The Morgan fingerprint density at radius 1 is 1.35 bits per heavy atom. The van der Waals surface area contributed by atoms with Gasteiger partial charge in [0.15, 0.2) is 11.6 Å². The van der Waals surface area contributed by atoms with Crippen molar-refractivity contribution in [3.05, 3.63) is 59.7 Å². The number of halogens is 1. The molecule has 106 valence electrons. The van der Waals surface area contributed by atoms with Gasteiger partial charge in [0.05, 0.1) is 13.2 Å². The fourth-order valence-corrected chi connectivity index (χ4v) is 2.10. The maximum absolute atomic E-state index is 13.4. The van der Waals surface area contributed by atoms with Gasteiger partial charge in [-0.1, -0.05) is 12.1 Å². The molecule has 1 aromatic heterocycles. The summed E-state index contributed by atoms with van der Waals surface area (Å²) in [6, 6.07) is 9.71. The van der Waals surface area contributed by atoms with Crippen LogP contribution in [0.5, 0.6) is 5.75 Å². The third-order valence-electron chi connectivity index (χ3n) is 3.22. The Morgan fingerprint density at radius 3 is 2.75 bits per heavy atom. The number of nitrogens with two attached hydrogens (primary N) is 1. The molecule has 0 aliphatic carbocycles. The first kappa shape index (κ1) is 14.4. The average Bonchev–Trinajstić information content (AvgIpc) is 2.49. The molecule has 0 aliphatic rings. The summed E-state index contributed by atoms with van der Waals surface area (Å²) in [6.45, 7) is 0.234. The molecule has 0 aliphatic heterocycles. The van der Waals surface area contributed by atoms with E-state index in [-0.39, 0.29) is 18.2 Å². The first-order chi connectivity index (χ1) is 9.67. The highest BCUT2D eigenvalue weighted by Crippen LogP contribution is 2.31. The van der Waals surface area contributed by atoms with E-state index in [0.717, 1.165) is 0 Å². The van der Waals surface area contributed by atoms with Gasteiger partial charge >= 0.3 is 0 Å². The number of ether oxygens (including phenoxy) is 1. The first-order valence-corrected chi connectivity index (χ1v) is 6.30. The fraction of sp³-hybridized carbons (Fsp3) is 0.267. The third kappa shape index (κ3) is 2.95. The molecule has 20 heavy (non-hydrogen) atoms. The Morgan fingerprint density at radius 2 is 2.15 bits per heavy atom. The number of aliphatic hydroxyl groups excluding tert-OH is 1. The zero-order valence-electron chi connectivity index (χ0n) is 11.2. The number of rotatable bonds is 5. The normalized spacial score (nSPS) is 13.8. The number of pyridine rings is 1. The molecule has 2 aromatic rings. The van der Waals surface area contributed by atoms with Gasteiger partial charge in [0.1, 0.15) is 0 Å². The van der Waals surface area contributed by atoms with E-state index in [1.165, 1.54) is 25.3 Å². The molecule has 4 nitrogen and oxygen atoms in total. The summed E-state index contributed by atoms with van der Waals surface area (Å²) in [5.74, 6) is -0.727. The lowest BCUT2D eigenvalue weighted by Gasteiger charge is -2.21. The number of aliphatic hydroxyl groups is 1. The van der Waals surface area contributed by atoms with Crippen LogP contribution in [0.4, 0.5) is 4.39 Å². The van der Waals surface area contributed by atoms with Crippen LogP contribution in [0.1, 0.15) is 23.3 Å². The standard InChI is InChI=1S/C15H17FN2O2/c1-20-14-8-10(5-6-12(14)16)15(19)11(9-17)13-4-2-3-7-18-13/h2-8,11,15,19H,9,17H2,1H3. The smallest absolute Gasteiger partial charge is 0.165 e. The van der Waals surface area contributed by atoms with E-state index in [4.69, 9.17) is 10.5 Å². The lowest BCUT2D eigenvalue weighted by Crippen LogP contribution is -2.21. The van der Waals surface area contributed by atoms with Crippen molar-refractivity contribution in [1.82, 2.24) is 4.98 Å². The van der Waals surface area contributed by atoms with Gasteiger partial charge in [-0.25, -0.2) is 4.39 Å². The van der Waals surface area contributed by atoms with Crippen molar-refractivity contribution in [3.8, 4) is 5.75 Å². The van der Waals surface area contributed by atoms with Gasteiger partial charge in [0.2, 0.25) is 0 Å². The predicted molar refractivity (Wildman–Crippen MR) is 73.9 cm³/mol. The number of aromatic nitrogens is 1. The van der Waals surface area contributed by atoms with Crippen molar-refractivity contribution in [2.75, 3.05) is 13.7 Å². The van der Waals surface area contributed by atoms with Gasteiger partial charge in [-0.2, -0.15) is 0 Å². The van der Waals surface area contributed by atoms with Crippen LogP contribution in [0.15, 0.2) is 42.6 Å². The Bertz CT molecular complexity index is 563. The van der Waals surface area contributed by atoms with Crippen LogP contribution in [0.25, 0.3) is 0 Å². The van der Waals surface area contributed by atoms with E-state index < -0.39 is 11.9 Å². The highest BCUT2D eigenvalue weighted by atomic mass is 19.1. The van der Waals surface area contributed by atoms with Crippen LogP contribution >= 0.6 is 0 Å². The molecule has 2 rings (SSSR count). The maximum Gasteiger partial charge on any atom is 0.165 e. The van der Waals surface area contributed by atoms with Crippen LogP contribution in [-0.2, 0) is 0 Å². The number of hydrogen-bond donors (Lipinski definition) is 2. The van der Waals surface area contributed by atoms with Gasteiger partial charge in [0.25, 0.3) is 0 Å². The average molecular weight is 276 g/mol. The van der Waals surface area contributed by atoms with Gasteiger partial charge in [-0.15, -0.1) is 0 Å². The zero-order chi connectivity index (χ0) is 14.5. The van der Waals surface area contributed by atoms with Crippen LogP contribution in [0.3, 0.4) is 0 Å². The van der Waals surface area contributed by atoms with Crippen molar-refractivity contribution in [2.45, 2.75) is 12.0 Å². The van der Waals surface area contributed by atoms with E-state index in [1.54, 1.807) is 12.3 Å². The van der Waals surface area contributed by atoms with Crippen molar-refractivity contribution in [3.63, 3.8) is 0 Å². The minimum Gasteiger partial charge on any atom is -0.494 e. The quantitative estimate of drug-likeness (QED) is 0.876. The lowest BCUT2D eigenvalue weighted by molar-refractivity contribution is 0.145. The second-order valence-corrected chi connectivity index (χ2v) is 4.44. The Kier molecular flexibility index (Phi) is 4.65. The van der Waals surface area contributed by atoms with Crippen LogP contribution in [0.2, 0.25) is 0 Å². The molecule has 0 amide bonds. The number of hydrogen-bond acceptors (Lipinski definition) is 4. The summed E-state index contributed by atoms with van der Waals surface area (Å²) in [5, 5.41) is 10.4. The largest absolute Gasteiger partial charge is 0.494 e. The van der Waals surface area contributed by atoms with Gasteiger partial charge < -0.3 is 15.6 Å². The molecular formula is C15H17FN2O2. The van der Waals surface area contributed by atoms with E-state index in [1.807, 2.05) is 12.1 Å². The lowest BCUT2D eigenvalue weighted by atomic mass is 9.92. The van der Waals surface area contributed by atoms with Gasteiger partial charge in [-0.05, 0) is 29.8 Å². The molecule has 1 heterocycles. The topological polar surface area (TPSA) is 68.4 Å². The molecule has 2 unspecified atom stereocenters. The van der Waals surface area contributed by atoms with E-state index >= 15 is 0 Å². The minimum atomic E-state index is -0.871. The Hall–Kier alpha value is -1.98. The summed E-state index contributed by atoms with van der Waals surface area (Å²) >= 11 is 0. The van der Waals surface area contributed by atoms with Crippen molar-refractivity contribution in [1.29, 1.82) is 0 Å². The summed E-state index contributed by atoms with van der Waals surface area (Å²) in [5.41, 5.74) is 6.98. The van der Waals surface area contributed by atoms with Crippen molar-refractivity contribution >= 4 is 0 Å². The minimum absolute atomic E-state index is 0.0957. The summed E-state index contributed by atoms with van der Waals surface area (Å²) in [4.78, 5) is 4.21. The highest BCUT2D eigenvalue weighted by molar-refractivity contribution is 5.33. The Labute approximate surface area is 117 Å². The molecule has 0 spiro atoms. The van der Waals surface area contributed by atoms with Crippen LogP contribution < -0.4 is 10.5 Å². The first-order valence-electron chi connectivity index (χ1n) is 6.30. The van der Waals surface area contributed by atoms with Gasteiger partial charge in [0, 0.05) is 24.4 Å². The molecule has 1 aromatic carbocycles.